The third-order valence-corrected chi connectivity index (χ3v) is 7.63. The Morgan fingerprint density at radius 1 is 1.19 bits per heavy atom. The van der Waals surface area contributed by atoms with Gasteiger partial charge in [-0.2, -0.15) is 0 Å². The zero-order chi connectivity index (χ0) is 22.4. The fourth-order valence-corrected chi connectivity index (χ4v) is 5.96. The molecule has 0 spiro atoms. The molecule has 0 aliphatic carbocycles. The van der Waals surface area contributed by atoms with E-state index in [1.165, 1.54) is 15.8 Å². The molecule has 2 fully saturated rings. The summed E-state index contributed by atoms with van der Waals surface area (Å²) in [5.74, 6) is -1.33. The lowest BCUT2D eigenvalue weighted by Gasteiger charge is -2.33. The minimum absolute atomic E-state index is 0.174. The van der Waals surface area contributed by atoms with Crippen molar-refractivity contribution in [3.05, 3.63) is 50.7 Å². The van der Waals surface area contributed by atoms with Gasteiger partial charge in [-0.25, -0.2) is 9.37 Å². The number of imide groups is 1. The Balaban J connectivity index is 1.32. The Morgan fingerprint density at radius 3 is 2.66 bits per heavy atom. The van der Waals surface area contributed by atoms with Crippen LogP contribution in [0.2, 0.25) is 0 Å². The molecule has 0 radical (unpaired) electrons. The molecule has 9 heteroatoms. The highest BCUT2D eigenvalue weighted by Crippen LogP contribution is 2.38. The van der Waals surface area contributed by atoms with Crippen LogP contribution in [0.4, 0.5) is 4.39 Å². The molecule has 3 aliphatic rings. The van der Waals surface area contributed by atoms with Gasteiger partial charge in [0.25, 0.3) is 5.91 Å². The van der Waals surface area contributed by atoms with Crippen LogP contribution in [0.25, 0.3) is 0 Å². The number of hydrogen-bond donors (Lipinski definition) is 1. The largest absolute Gasteiger partial charge is 0.322 e. The lowest BCUT2D eigenvalue weighted by Crippen LogP contribution is -2.52. The molecule has 168 valence electrons. The van der Waals surface area contributed by atoms with Crippen molar-refractivity contribution in [2.24, 2.45) is 0 Å². The highest BCUT2D eigenvalue weighted by atomic mass is 32.1. The molecule has 32 heavy (non-hydrogen) atoms. The first-order chi connectivity index (χ1) is 15.4. The van der Waals surface area contributed by atoms with Gasteiger partial charge in [0, 0.05) is 36.1 Å². The van der Waals surface area contributed by atoms with Crippen LogP contribution in [0.3, 0.4) is 0 Å². The van der Waals surface area contributed by atoms with Gasteiger partial charge < -0.3 is 4.90 Å². The van der Waals surface area contributed by atoms with Gasteiger partial charge in [-0.3, -0.25) is 24.6 Å². The number of rotatable bonds is 4. The topological polar surface area (TPSA) is 82.6 Å². The standard InChI is InChI=1S/C23H25FN4O3S/c1-13-25-10-16(32-13)11-27-6-4-14(5-7-27)17-8-15(24)9-18-19(17)12-28(23(18)31)20-2-3-21(29)26-22(20)30/h8-10,14,20H,2-7,11-12H2,1H3,(H,26,29,30). The second-order valence-electron chi connectivity index (χ2n) is 8.82. The highest BCUT2D eigenvalue weighted by molar-refractivity contribution is 7.11. The Bertz CT molecular complexity index is 1090. The van der Waals surface area contributed by atoms with E-state index in [1.54, 1.807) is 17.4 Å². The van der Waals surface area contributed by atoms with Crippen LogP contribution in [0, 0.1) is 12.7 Å². The molecule has 1 atom stereocenters. The van der Waals surface area contributed by atoms with E-state index < -0.39 is 17.8 Å². The number of likely N-dealkylation sites (tertiary alicyclic amines) is 1. The van der Waals surface area contributed by atoms with E-state index in [4.69, 9.17) is 0 Å². The summed E-state index contributed by atoms with van der Waals surface area (Å²) in [7, 11) is 0. The maximum Gasteiger partial charge on any atom is 0.255 e. The van der Waals surface area contributed by atoms with Crippen LogP contribution in [-0.4, -0.2) is 51.6 Å². The molecule has 0 bridgehead atoms. The first-order valence-corrected chi connectivity index (χ1v) is 11.8. The Hall–Kier alpha value is -2.65. The van der Waals surface area contributed by atoms with E-state index in [1.807, 2.05) is 13.1 Å². The van der Waals surface area contributed by atoms with Crippen LogP contribution in [0.15, 0.2) is 18.3 Å². The van der Waals surface area contributed by atoms with Crippen LogP contribution in [0.1, 0.15) is 63.0 Å². The molecule has 1 unspecified atom stereocenters. The van der Waals surface area contributed by atoms with Crippen molar-refractivity contribution in [3.8, 4) is 0 Å². The summed E-state index contributed by atoms with van der Waals surface area (Å²) in [5.41, 5.74) is 2.07. The average molecular weight is 457 g/mol. The summed E-state index contributed by atoms with van der Waals surface area (Å²) < 4.78 is 14.5. The molecule has 5 rings (SSSR count). The fraction of sp³-hybridized carbons (Fsp3) is 0.478. The summed E-state index contributed by atoms with van der Waals surface area (Å²) in [6, 6.07) is 2.16. The zero-order valence-corrected chi connectivity index (χ0v) is 18.7. The van der Waals surface area contributed by atoms with E-state index in [9.17, 15) is 18.8 Å². The quantitative estimate of drug-likeness (QED) is 0.716. The van der Waals surface area contributed by atoms with E-state index in [-0.39, 0.29) is 30.7 Å². The third-order valence-electron chi connectivity index (χ3n) is 6.73. The monoisotopic (exact) mass is 456 g/mol. The first kappa shape index (κ1) is 21.2. The smallest absolute Gasteiger partial charge is 0.255 e. The predicted octanol–water partition coefficient (Wildman–Crippen LogP) is 2.73. The van der Waals surface area contributed by atoms with Gasteiger partial charge in [0.1, 0.15) is 11.9 Å². The SMILES string of the molecule is Cc1ncc(CN2CCC(c3cc(F)cc4c3CN(C3CCC(=O)NC3=O)C4=O)CC2)s1. The number of nitrogens with one attached hydrogen (secondary N) is 1. The minimum atomic E-state index is -0.687. The Kier molecular flexibility index (Phi) is 5.54. The van der Waals surface area contributed by atoms with Gasteiger partial charge in [-0.15, -0.1) is 11.3 Å². The van der Waals surface area contributed by atoms with E-state index in [0.29, 0.717) is 12.0 Å². The molecule has 0 saturated carbocycles. The van der Waals surface area contributed by atoms with Gasteiger partial charge in [0.05, 0.1) is 5.01 Å². The fourth-order valence-electron chi connectivity index (χ4n) is 5.12. The molecule has 7 nitrogen and oxygen atoms in total. The third kappa shape index (κ3) is 3.95. The van der Waals surface area contributed by atoms with Crippen LogP contribution in [0.5, 0.6) is 0 Å². The predicted molar refractivity (Wildman–Crippen MR) is 117 cm³/mol. The highest BCUT2D eigenvalue weighted by Gasteiger charge is 2.41. The second kappa shape index (κ2) is 8.37. The summed E-state index contributed by atoms with van der Waals surface area (Å²) in [5, 5.41) is 3.38. The molecule has 1 aromatic heterocycles. The number of halogens is 1. The normalized spacial score (nSPS) is 22.4. The van der Waals surface area contributed by atoms with Gasteiger partial charge in [-0.1, -0.05) is 0 Å². The summed E-state index contributed by atoms with van der Waals surface area (Å²) >= 11 is 1.71. The van der Waals surface area contributed by atoms with E-state index in [0.717, 1.165) is 48.6 Å². The number of benzene rings is 1. The lowest BCUT2D eigenvalue weighted by molar-refractivity contribution is -0.136. The van der Waals surface area contributed by atoms with Crippen molar-refractivity contribution in [2.45, 2.75) is 57.7 Å². The molecule has 1 aromatic carbocycles. The molecular weight excluding hydrogens is 431 g/mol. The summed E-state index contributed by atoms with van der Waals surface area (Å²) in [6.07, 6.45) is 4.22. The molecule has 1 N–H and O–H groups in total. The summed E-state index contributed by atoms with van der Waals surface area (Å²) in [6.45, 7) is 4.97. The number of aryl methyl sites for hydroxylation is 1. The first-order valence-electron chi connectivity index (χ1n) is 11.0. The number of amides is 3. The number of aromatic nitrogens is 1. The molecule has 3 amide bonds. The minimum Gasteiger partial charge on any atom is -0.322 e. The molecule has 3 aliphatic heterocycles. The van der Waals surface area contributed by atoms with Crippen LogP contribution < -0.4 is 5.32 Å². The number of fused-ring (bicyclic) bond motifs is 1. The number of nitrogens with zero attached hydrogens (tertiary/aromatic N) is 3. The van der Waals surface area contributed by atoms with Crippen molar-refractivity contribution in [3.63, 3.8) is 0 Å². The molecule has 2 saturated heterocycles. The maximum absolute atomic E-state index is 14.5. The lowest BCUT2D eigenvalue weighted by atomic mass is 9.85. The number of hydrogen-bond acceptors (Lipinski definition) is 6. The van der Waals surface area contributed by atoms with Gasteiger partial charge in [-0.05, 0) is 68.5 Å². The van der Waals surface area contributed by atoms with E-state index >= 15 is 0 Å². The molecular formula is C23H25FN4O3S. The van der Waals surface area contributed by atoms with Crippen LogP contribution in [-0.2, 0) is 22.7 Å². The number of carbonyl (C=O) groups excluding carboxylic acids is 3. The zero-order valence-electron chi connectivity index (χ0n) is 17.9. The van der Waals surface area contributed by atoms with Crippen molar-refractivity contribution in [1.82, 2.24) is 20.1 Å². The molecule has 4 heterocycles. The van der Waals surface area contributed by atoms with Crippen LogP contribution >= 0.6 is 11.3 Å². The van der Waals surface area contributed by atoms with Crippen molar-refractivity contribution < 1.29 is 18.8 Å². The number of carbonyl (C=O) groups is 3. The van der Waals surface area contributed by atoms with E-state index in [2.05, 4.69) is 15.2 Å². The van der Waals surface area contributed by atoms with Gasteiger partial charge in [0.15, 0.2) is 0 Å². The Labute approximate surface area is 189 Å². The second-order valence-corrected chi connectivity index (χ2v) is 10.1. The average Bonchev–Trinajstić information content (AvgIpc) is 3.31. The van der Waals surface area contributed by atoms with Crippen molar-refractivity contribution in [2.75, 3.05) is 13.1 Å². The number of thiazole rings is 1. The van der Waals surface area contributed by atoms with Crippen molar-refractivity contribution >= 4 is 29.1 Å². The van der Waals surface area contributed by atoms with Gasteiger partial charge >= 0.3 is 0 Å². The maximum atomic E-state index is 14.5. The molecule has 2 aromatic rings. The van der Waals surface area contributed by atoms with Crippen molar-refractivity contribution in [1.29, 1.82) is 0 Å². The summed E-state index contributed by atoms with van der Waals surface area (Å²) in [4.78, 5) is 46.3. The number of piperidine rings is 2. The van der Waals surface area contributed by atoms with Gasteiger partial charge in [0.2, 0.25) is 11.8 Å². The Morgan fingerprint density at radius 2 is 1.97 bits per heavy atom.